The van der Waals surface area contributed by atoms with Crippen molar-refractivity contribution in [3.8, 4) is 0 Å². The van der Waals surface area contributed by atoms with Gasteiger partial charge >= 0.3 is 0 Å². The number of aryl methyl sites for hydroxylation is 1. The molecule has 1 saturated carbocycles. The number of sulfonamides is 1. The van der Waals surface area contributed by atoms with Crippen molar-refractivity contribution in [1.29, 1.82) is 0 Å². The molecule has 8 heteroatoms. The molecular formula is C27H42N4O2S2. The molecule has 2 aliphatic carbocycles. The zero-order chi connectivity index (χ0) is 25.0. The largest absolute Gasteiger partial charge is 0.375 e. The number of nitrogens with one attached hydrogen (secondary N) is 1. The van der Waals surface area contributed by atoms with Gasteiger partial charge in [-0.3, -0.25) is 0 Å². The Morgan fingerprint density at radius 3 is 2.49 bits per heavy atom. The predicted molar refractivity (Wildman–Crippen MR) is 145 cm³/mol. The van der Waals surface area contributed by atoms with E-state index in [0.717, 1.165) is 57.2 Å². The molecule has 0 saturated heterocycles. The number of rotatable bonds is 10. The second kappa shape index (κ2) is 11.7. The Hall–Kier alpha value is -1.48. The van der Waals surface area contributed by atoms with E-state index in [-0.39, 0.29) is 6.04 Å². The van der Waals surface area contributed by atoms with Crippen molar-refractivity contribution < 1.29 is 8.42 Å². The SMILES string of the molecule is CCCN(CCC1CCC(NS(=O)(=O)c2ccc(C(C)C)cc2)CC1)[C@H]1CCc2nc(N)sc2C1. The van der Waals surface area contributed by atoms with Gasteiger partial charge < -0.3 is 10.6 Å². The molecule has 0 amide bonds. The molecule has 0 aliphatic heterocycles. The molecule has 3 N–H and O–H groups in total. The third-order valence-corrected chi connectivity index (χ3v) is 10.3. The zero-order valence-corrected chi connectivity index (χ0v) is 23.1. The summed E-state index contributed by atoms with van der Waals surface area (Å²) in [5.41, 5.74) is 8.32. The van der Waals surface area contributed by atoms with Crippen LogP contribution in [0.2, 0.25) is 0 Å². The van der Waals surface area contributed by atoms with E-state index in [1.807, 2.05) is 12.1 Å². The summed E-state index contributed by atoms with van der Waals surface area (Å²) < 4.78 is 28.7. The van der Waals surface area contributed by atoms with Crippen LogP contribution in [0, 0.1) is 5.92 Å². The lowest BCUT2D eigenvalue weighted by Crippen LogP contribution is -2.41. The average molecular weight is 519 g/mol. The minimum Gasteiger partial charge on any atom is -0.375 e. The van der Waals surface area contributed by atoms with E-state index in [2.05, 4.69) is 35.4 Å². The Kier molecular flexibility index (Phi) is 8.90. The summed E-state index contributed by atoms with van der Waals surface area (Å²) in [7, 11) is -3.46. The smallest absolute Gasteiger partial charge is 0.240 e. The van der Waals surface area contributed by atoms with Gasteiger partial charge in [0.05, 0.1) is 10.6 Å². The first-order valence-corrected chi connectivity index (χ1v) is 15.7. The summed E-state index contributed by atoms with van der Waals surface area (Å²) >= 11 is 1.66. The third-order valence-electron chi connectivity index (χ3n) is 7.81. The average Bonchev–Trinajstić information content (AvgIpc) is 3.21. The second-order valence-corrected chi connectivity index (χ2v) is 13.5. The maximum Gasteiger partial charge on any atom is 0.240 e. The summed E-state index contributed by atoms with van der Waals surface area (Å²) in [5, 5.41) is 0.706. The summed E-state index contributed by atoms with van der Waals surface area (Å²) in [5.74, 6) is 1.07. The minimum atomic E-state index is -3.46. The van der Waals surface area contributed by atoms with Gasteiger partial charge in [-0.1, -0.05) is 32.9 Å². The van der Waals surface area contributed by atoms with E-state index in [4.69, 9.17) is 5.73 Å². The maximum atomic E-state index is 12.9. The number of benzene rings is 1. The van der Waals surface area contributed by atoms with E-state index in [1.165, 1.54) is 29.8 Å². The van der Waals surface area contributed by atoms with Crippen LogP contribution in [0.3, 0.4) is 0 Å². The highest BCUT2D eigenvalue weighted by molar-refractivity contribution is 7.89. The molecule has 194 valence electrons. The first-order chi connectivity index (χ1) is 16.7. The fraction of sp³-hybridized carbons (Fsp3) is 0.667. The highest BCUT2D eigenvalue weighted by Crippen LogP contribution is 2.32. The second-order valence-electron chi connectivity index (χ2n) is 10.7. The van der Waals surface area contributed by atoms with Gasteiger partial charge in [-0.2, -0.15) is 0 Å². The van der Waals surface area contributed by atoms with E-state index in [9.17, 15) is 8.42 Å². The highest BCUT2D eigenvalue weighted by Gasteiger charge is 2.29. The molecule has 35 heavy (non-hydrogen) atoms. The Morgan fingerprint density at radius 1 is 1.11 bits per heavy atom. The van der Waals surface area contributed by atoms with Crippen molar-refractivity contribution >= 4 is 26.5 Å². The fourth-order valence-corrected chi connectivity index (χ4v) is 7.94. The van der Waals surface area contributed by atoms with Crippen molar-refractivity contribution in [2.75, 3.05) is 18.8 Å². The quantitative estimate of drug-likeness (QED) is 0.443. The van der Waals surface area contributed by atoms with E-state index < -0.39 is 10.0 Å². The number of hydrogen-bond acceptors (Lipinski definition) is 6. The van der Waals surface area contributed by atoms with Crippen molar-refractivity contribution in [1.82, 2.24) is 14.6 Å². The molecule has 0 bridgehead atoms. The number of thiazole rings is 1. The summed E-state index contributed by atoms with van der Waals surface area (Å²) in [6.07, 6.45) is 9.70. The molecule has 0 unspecified atom stereocenters. The molecule has 0 spiro atoms. The van der Waals surface area contributed by atoms with Gasteiger partial charge in [0.25, 0.3) is 0 Å². The molecule has 2 aliphatic rings. The molecule has 1 aromatic heterocycles. The first kappa shape index (κ1) is 26.6. The number of nitrogen functional groups attached to an aromatic ring is 1. The lowest BCUT2D eigenvalue weighted by molar-refractivity contribution is 0.158. The number of anilines is 1. The minimum absolute atomic E-state index is 0.0429. The number of nitrogens with zero attached hydrogens (tertiary/aromatic N) is 2. The topological polar surface area (TPSA) is 88.3 Å². The molecule has 1 heterocycles. The standard InChI is InChI=1S/C27H42N4O2S2/c1-4-16-31(23-11-14-25-26(18-23)34-27(28)29-25)17-15-20-5-9-22(10-6-20)30-35(32,33)24-12-7-21(8-13-24)19(2)3/h7-8,12-13,19-20,22-23,30H,4-6,9-11,14-18H2,1-3H3,(H2,28,29)/t20?,22?,23-/m0/s1. The van der Waals surface area contributed by atoms with Crippen LogP contribution in [0.25, 0.3) is 0 Å². The Balaban J connectivity index is 1.25. The van der Waals surface area contributed by atoms with Gasteiger partial charge in [-0.25, -0.2) is 18.1 Å². The lowest BCUT2D eigenvalue weighted by atomic mass is 9.84. The van der Waals surface area contributed by atoms with Crippen molar-refractivity contribution in [2.45, 2.75) is 101 Å². The van der Waals surface area contributed by atoms with Crippen LogP contribution in [0.1, 0.15) is 87.8 Å². The Labute approximate surface area is 215 Å². The normalized spacial score (nSPS) is 23.1. The van der Waals surface area contributed by atoms with Gasteiger partial charge in [0.15, 0.2) is 5.13 Å². The molecule has 1 atom stereocenters. The summed E-state index contributed by atoms with van der Waals surface area (Å²) in [4.78, 5) is 8.94. The van der Waals surface area contributed by atoms with E-state index >= 15 is 0 Å². The van der Waals surface area contributed by atoms with Crippen LogP contribution in [-0.2, 0) is 22.9 Å². The van der Waals surface area contributed by atoms with Crippen LogP contribution in [0.4, 0.5) is 5.13 Å². The molecule has 0 radical (unpaired) electrons. The van der Waals surface area contributed by atoms with Crippen molar-refractivity contribution in [2.24, 2.45) is 5.92 Å². The molecular weight excluding hydrogens is 476 g/mol. The van der Waals surface area contributed by atoms with Crippen LogP contribution >= 0.6 is 11.3 Å². The third kappa shape index (κ3) is 6.85. The fourth-order valence-electron chi connectivity index (χ4n) is 5.69. The van der Waals surface area contributed by atoms with Gasteiger partial charge in [0.2, 0.25) is 10.0 Å². The highest BCUT2D eigenvalue weighted by atomic mass is 32.2. The van der Waals surface area contributed by atoms with Gasteiger partial charge in [-0.05, 0) is 100 Å². The lowest BCUT2D eigenvalue weighted by Gasteiger charge is -2.36. The predicted octanol–water partition coefficient (Wildman–Crippen LogP) is 5.35. The number of hydrogen-bond donors (Lipinski definition) is 2. The Bertz CT molecular complexity index is 1060. The maximum absolute atomic E-state index is 12.9. The molecule has 6 nitrogen and oxygen atoms in total. The van der Waals surface area contributed by atoms with Crippen LogP contribution in [0.15, 0.2) is 29.2 Å². The van der Waals surface area contributed by atoms with Crippen LogP contribution in [-0.4, -0.2) is 43.5 Å². The van der Waals surface area contributed by atoms with Crippen molar-refractivity contribution in [3.05, 3.63) is 40.4 Å². The zero-order valence-electron chi connectivity index (χ0n) is 21.5. The van der Waals surface area contributed by atoms with Crippen molar-refractivity contribution in [3.63, 3.8) is 0 Å². The first-order valence-electron chi connectivity index (χ1n) is 13.4. The summed E-state index contributed by atoms with van der Waals surface area (Å²) in [6, 6.07) is 7.96. The summed E-state index contributed by atoms with van der Waals surface area (Å²) in [6.45, 7) is 8.76. The van der Waals surface area contributed by atoms with Gasteiger partial charge in [0.1, 0.15) is 0 Å². The Morgan fingerprint density at radius 2 is 1.83 bits per heavy atom. The number of nitrogens with two attached hydrogens (primary N) is 1. The monoisotopic (exact) mass is 518 g/mol. The van der Waals surface area contributed by atoms with E-state index in [0.29, 0.717) is 27.9 Å². The molecule has 2 aromatic rings. The molecule has 1 aromatic carbocycles. The van der Waals surface area contributed by atoms with Crippen LogP contribution < -0.4 is 10.5 Å². The van der Waals surface area contributed by atoms with E-state index in [1.54, 1.807) is 23.5 Å². The molecule has 1 fully saturated rings. The van der Waals surface area contributed by atoms with Gasteiger partial charge in [-0.15, -0.1) is 11.3 Å². The number of fused-ring (bicyclic) bond motifs is 1. The molecule has 4 rings (SSSR count). The van der Waals surface area contributed by atoms with Gasteiger partial charge in [0, 0.05) is 17.0 Å². The van der Waals surface area contributed by atoms with Crippen LogP contribution in [0.5, 0.6) is 0 Å². The number of aromatic nitrogens is 1.